The zero-order chi connectivity index (χ0) is 20.1. The zero-order valence-corrected chi connectivity index (χ0v) is 16.2. The molecule has 1 aliphatic heterocycles. The maximum absolute atomic E-state index is 12.8. The molecule has 146 valence electrons. The summed E-state index contributed by atoms with van der Waals surface area (Å²) in [7, 11) is 0. The van der Waals surface area contributed by atoms with Crippen LogP contribution in [0.25, 0.3) is 0 Å². The number of carbonyl (C=O) groups is 3. The standard InChI is InChI=1S/C22H25N3O3/c1-3-12-23-22(28)17-9-5-6-10-18(17)24-21(27)16-13-20(26)25(14-16)19-11-7-4-8-15(19)2/h4-11,16H,3,12-14H2,1-2H3,(H,23,28)(H,24,27). The van der Waals surface area contributed by atoms with Crippen molar-refractivity contribution in [2.24, 2.45) is 5.92 Å². The van der Waals surface area contributed by atoms with Crippen LogP contribution in [-0.4, -0.2) is 30.8 Å². The van der Waals surface area contributed by atoms with Crippen LogP contribution in [0, 0.1) is 12.8 Å². The molecule has 0 bridgehead atoms. The summed E-state index contributed by atoms with van der Waals surface area (Å²) in [4.78, 5) is 39.3. The Morgan fingerprint density at radius 3 is 2.57 bits per heavy atom. The summed E-state index contributed by atoms with van der Waals surface area (Å²) in [5, 5.41) is 5.66. The minimum atomic E-state index is -0.459. The molecular weight excluding hydrogens is 354 g/mol. The van der Waals surface area contributed by atoms with Gasteiger partial charge in [0.2, 0.25) is 11.8 Å². The molecular formula is C22H25N3O3. The number of rotatable bonds is 6. The van der Waals surface area contributed by atoms with Gasteiger partial charge in [-0.15, -0.1) is 0 Å². The molecule has 2 aromatic carbocycles. The van der Waals surface area contributed by atoms with Crippen molar-refractivity contribution in [1.82, 2.24) is 5.32 Å². The van der Waals surface area contributed by atoms with Crippen molar-refractivity contribution in [3.63, 3.8) is 0 Å². The molecule has 1 heterocycles. The summed E-state index contributed by atoms with van der Waals surface area (Å²) in [6, 6.07) is 14.6. The van der Waals surface area contributed by atoms with Crippen LogP contribution in [0.3, 0.4) is 0 Å². The van der Waals surface area contributed by atoms with E-state index in [9.17, 15) is 14.4 Å². The number of aryl methyl sites for hydroxylation is 1. The van der Waals surface area contributed by atoms with Gasteiger partial charge in [0, 0.05) is 25.2 Å². The Kier molecular flexibility index (Phi) is 6.09. The lowest BCUT2D eigenvalue weighted by Gasteiger charge is -2.19. The molecule has 1 fully saturated rings. The summed E-state index contributed by atoms with van der Waals surface area (Å²) in [6.45, 7) is 4.83. The molecule has 1 saturated heterocycles. The molecule has 1 atom stereocenters. The molecule has 6 heteroatoms. The molecule has 2 aromatic rings. The van der Waals surface area contributed by atoms with Crippen LogP contribution < -0.4 is 15.5 Å². The molecule has 0 radical (unpaired) electrons. The highest BCUT2D eigenvalue weighted by Crippen LogP contribution is 2.28. The van der Waals surface area contributed by atoms with Crippen LogP contribution in [0.4, 0.5) is 11.4 Å². The van der Waals surface area contributed by atoms with Gasteiger partial charge in [-0.3, -0.25) is 14.4 Å². The Hall–Kier alpha value is -3.15. The summed E-state index contributed by atoms with van der Waals surface area (Å²) < 4.78 is 0. The largest absolute Gasteiger partial charge is 0.352 e. The minimum Gasteiger partial charge on any atom is -0.352 e. The Balaban J connectivity index is 1.72. The van der Waals surface area contributed by atoms with E-state index in [1.54, 1.807) is 29.2 Å². The lowest BCUT2D eigenvalue weighted by molar-refractivity contribution is -0.122. The van der Waals surface area contributed by atoms with Crippen LogP contribution in [-0.2, 0) is 9.59 Å². The second-order valence-corrected chi connectivity index (χ2v) is 6.98. The highest BCUT2D eigenvalue weighted by Gasteiger charge is 2.35. The van der Waals surface area contributed by atoms with Gasteiger partial charge in [0.05, 0.1) is 17.2 Å². The lowest BCUT2D eigenvalue weighted by atomic mass is 10.1. The van der Waals surface area contributed by atoms with Crippen molar-refractivity contribution in [1.29, 1.82) is 0 Å². The average Bonchev–Trinajstić information content (AvgIpc) is 3.08. The van der Waals surface area contributed by atoms with E-state index in [4.69, 9.17) is 0 Å². The van der Waals surface area contributed by atoms with Crippen molar-refractivity contribution in [3.8, 4) is 0 Å². The smallest absolute Gasteiger partial charge is 0.253 e. The van der Waals surface area contributed by atoms with Gasteiger partial charge in [-0.2, -0.15) is 0 Å². The molecule has 0 saturated carbocycles. The van der Waals surface area contributed by atoms with E-state index in [1.807, 2.05) is 38.1 Å². The number of nitrogens with zero attached hydrogens (tertiary/aromatic N) is 1. The van der Waals surface area contributed by atoms with E-state index < -0.39 is 5.92 Å². The van der Waals surface area contributed by atoms with Crippen LogP contribution in [0.15, 0.2) is 48.5 Å². The first kappa shape index (κ1) is 19.6. The SMILES string of the molecule is CCCNC(=O)c1ccccc1NC(=O)C1CC(=O)N(c2ccccc2C)C1. The monoisotopic (exact) mass is 379 g/mol. The van der Waals surface area contributed by atoms with Crippen molar-refractivity contribution in [2.45, 2.75) is 26.7 Å². The predicted molar refractivity (Wildman–Crippen MR) is 109 cm³/mol. The van der Waals surface area contributed by atoms with E-state index in [1.165, 1.54) is 0 Å². The van der Waals surface area contributed by atoms with E-state index in [0.29, 0.717) is 24.3 Å². The van der Waals surface area contributed by atoms with Crippen molar-refractivity contribution < 1.29 is 14.4 Å². The fraction of sp³-hybridized carbons (Fsp3) is 0.318. The fourth-order valence-corrected chi connectivity index (χ4v) is 3.34. The minimum absolute atomic E-state index is 0.0663. The third-order valence-electron chi connectivity index (χ3n) is 4.87. The van der Waals surface area contributed by atoms with Crippen LogP contribution in [0.5, 0.6) is 0 Å². The third-order valence-corrected chi connectivity index (χ3v) is 4.87. The molecule has 3 amide bonds. The molecule has 1 unspecified atom stereocenters. The quantitative estimate of drug-likeness (QED) is 0.809. The molecule has 0 aromatic heterocycles. The van der Waals surface area contributed by atoms with Crippen molar-refractivity contribution in [2.75, 3.05) is 23.3 Å². The Labute approximate surface area is 164 Å². The fourth-order valence-electron chi connectivity index (χ4n) is 3.34. The predicted octanol–water partition coefficient (Wildman–Crippen LogP) is 3.13. The first-order chi connectivity index (χ1) is 13.5. The number of carbonyl (C=O) groups excluding carboxylic acids is 3. The summed E-state index contributed by atoms with van der Waals surface area (Å²) in [6.07, 6.45) is 0.990. The molecule has 6 nitrogen and oxygen atoms in total. The first-order valence-corrected chi connectivity index (χ1v) is 9.55. The van der Waals surface area contributed by atoms with Crippen molar-refractivity contribution in [3.05, 3.63) is 59.7 Å². The summed E-state index contributed by atoms with van der Waals surface area (Å²) in [5.41, 5.74) is 2.71. The van der Waals surface area contributed by atoms with Gasteiger partial charge >= 0.3 is 0 Å². The summed E-state index contributed by atoms with van der Waals surface area (Å²) >= 11 is 0. The number of para-hydroxylation sites is 2. The number of benzene rings is 2. The second-order valence-electron chi connectivity index (χ2n) is 6.98. The Bertz CT molecular complexity index is 894. The first-order valence-electron chi connectivity index (χ1n) is 9.55. The molecule has 1 aliphatic rings. The van der Waals surface area contributed by atoms with Gasteiger partial charge in [0.1, 0.15) is 0 Å². The topological polar surface area (TPSA) is 78.5 Å². The van der Waals surface area contributed by atoms with Gasteiger partial charge in [-0.1, -0.05) is 37.3 Å². The lowest BCUT2D eigenvalue weighted by Crippen LogP contribution is -2.30. The molecule has 2 N–H and O–H groups in total. The number of nitrogens with one attached hydrogen (secondary N) is 2. The van der Waals surface area contributed by atoms with Crippen LogP contribution in [0.1, 0.15) is 35.7 Å². The van der Waals surface area contributed by atoms with E-state index in [2.05, 4.69) is 10.6 Å². The van der Waals surface area contributed by atoms with Gasteiger partial charge < -0.3 is 15.5 Å². The van der Waals surface area contributed by atoms with Gasteiger partial charge in [-0.05, 0) is 37.1 Å². The van der Waals surface area contributed by atoms with Gasteiger partial charge in [0.25, 0.3) is 5.91 Å². The van der Waals surface area contributed by atoms with E-state index in [0.717, 1.165) is 17.7 Å². The highest BCUT2D eigenvalue weighted by molar-refractivity contribution is 6.07. The van der Waals surface area contributed by atoms with Gasteiger partial charge in [0.15, 0.2) is 0 Å². The second kappa shape index (κ2) is 8.69. The normalized spacial score (nSPS) is 16.1. The molecule has 0 spiro atoms. The van der Waals surface area contributed by atoms with Crippen molar-refractivity contribution >= 4 is 29.1 Å². The number of anilines is 2. The number of hydrogen-bond acceptors (Lipinski definition) is 3. The Morgan fingerprint density at radius 2 is 1.82 bits per heavy atom. The Morgan fingerprint density at radius 1 is 1.11 bits per heavy atom. The van der Waals surface area contributed by atoms with Gasteiger partial charge in [-0.25, -0.2) is 0 Å². The maximum Gasteiger partial charge on any atom is 0.253 e. The number of hydrogen-bond donors (Lipinski definition) is 2. The highest BCUT2D eigenvalue weighted by atomic mass is 16.2. The molecule has 3 rings (SSSR count). The number of amides is 3. The van der Waals surface area contributed by atoms with E-state index in [-0.39, 0.29) is 24.1 Å². The summed E-state index contributed by atoms with van der Waals surface area (Å²) in [5.74, 6) is -0.996. The maximum atomic E-state index is 12.8. The van der Waals surface area contributed by atoms with E-state index >= 15 is 0 Å². The van der Waals surface area contributed by atoms with Crippen LogP contribution in [0.2, 0.25) is 0 Å². The van der Waals surface area contributed by atoms with Crippen LogP contribution >= 0.6 is 0 Å². The third kappa shape index (κ3) is 4.22. The molecule has 0 aliphatic carbocycles. The zero-order valence-electron chi connectivity index (χ0n) is 16.2. The average molecular weight is 379 g/mol. The molecule has 28 heavy (non-hydrogen) atoms.